The maximum absolute atomic E-state index is 13.9. The summed E-state index contributed by atoms with van der Waals surface area (Å²) >= 11 is 0. The van der Waals surface area contributed by atoms with E-state index in [4.69, 9.17) is 14.4 Å². The Bertz CT molecular complexity index is 2430. The van der Waals surface area contributed by atoms with Crippen LogP contribution in [0.1, 0.15) is 0 Å². The van der Waals surface area contributed by atoms with Gasteiger partial charge in [0, 0.05) is 55.2 Å². The topological polar surface area (TPSA) is 56.7 Å². The average molecular weight is 801 g/mol. The molecule has 1 radical (unpaired) electrons. The molecular formula is C41H25FIrN4O-2. The molecule has 0 bridgehead atoms. The van der Waals surface area contributed by atoms with Gasteiger partial charge in [0.1, 0.15) is 11.4 Å². The fourth-order valence-electron chi connectivity index (χ4n) is 5.70. The number of benzene rings is 5. The van der Waals surface area contributed by atoms with Crippen molar-refractivity contribution >= 4 is 33.1 Å². The first kappa shape index (κ1) is 30.9. The van der Waals surface area contributed by atoms with E-state index in [1.54, 1.807) is 12.3 Å². The van der Waals surface area contributed by atoms with Crippen molar-refractivity contribution < 1.29 is 28.9 Å². The van der Waals surface area contributed by atoms with Gasteiger partial charge in [-0.3, -0.25) is 4.98 Å². The number of rotatable bonds is 4. The molecule has 0 amide bonds. The zero-order chi connectivity index (χ0) is 31.6. The van der Waals surface area contributed by atoms with Crippen LogP contribution in [0.3, 0.4) is 0 Å². The van der Waals surface area contributed by atoms with E-state index >= 15 is 0 Å². The zero-order valence-corrected chi connectivity index (χ0v) is 27.7. The van der Waals surface area contributed by atoms with Crippen LogP contribution in [0.2, 0.25) is 0 Å². The Morgan fingerprint density at radius 1 is 0.667 bits per heavy atom. The van der Waals surface area contributed by atoms with Crippen molar-refractivity contribution in [1.82, 2.24) is 19.5 Å². The standard InChI is InChI=1S/C30H17FN3O.C11H8N.Ir/c31-21-14-15-23-24-12-7-13-25(28(24)35-27(23)17-21)29-33-26-16-20(19-8-3-1-4-9-19)18-32-30(26)34(29)22-10-5-2-6-11-22;1-2-6-10(7-3-1)11-8-4-5-9-12-11;/h1-12,14-18H;1-6,8-9H;/q2*-1;. The van der Waals surface area contributed by atoms with E-state index in [9.17, 15) is 4.39 Å². The molecule has 233 valence electrons. The van der Waals surface area contributed by atoms with Gasteiger partial charge < -0.3 is 14.0 Å². The van der Waals surface area contributed by atoms with Crippen LogP contribution in [0.25, 0.3) is 72.6 Å². The monoisotopic (exact) mass is 801 g/mol. The molecule has 48 heavy (non-hydrogen) atoms. The van der Waals surface area contributed by atoms with Gasteiger partial charge in [-0.15, -0.1) is 54.1 Å². The number of furan rings is 1. The zero-order valence-electron chi connectivity index (χ0n) is 25.3. The smallest absolute Gasteiger partial charge is 0.155 e. The molecule has 0 saturated carbocycles. The van der Waals surface area contributed by atoms with Crippen LogP contribution < -0.4 is 0 Å². The summed E-state index contributed by atoms with van der Waals surface area (Å²) in [6.45, 7) is 0. The minimum atomic E-state index is -0.337. The Balaban J connectivity index is 0.000000237. The van der Waals surface area contributed by atoms with Crippen LogP contribution in [0, 0.1) is 17.9 Å². The summed E-state index contributed by atoms with van der Waals surface area (Å²) < 4.78 is 22.1. The van der Waals surface area contributed by atoms with Crippen LogP contribution in [0.15, 0.2) is 156 Å². The SMILES string of the molecule is Fc1ccc2c(c1)oc1c(-c3nc4cc(-c5ccccc5)cnc4n3-c3ccccc3)[c-]ccc12.[Ir].[c-]1ccccc1-c1ccccn1. The maximum atomic E-state index is 13.9. The summed E-state index contributed by atoms with van der Waals surface area (Å²) in [5, 5.41) is 1.74. The third-order valence-electron chi connectivity index (χ3n) is 7.89. The molecular weight excluding hydrogens is 776 g/mol. The van der Waals surface area contributed by atoms with E-state index in [1.165, 1.54) is 12.1 Å². The summed E-state index contributed by atoms with van der Waals surface area (Å²) in [4.78, 5) is 14.1. The predicted molar refractivity (Wildman–Crippen MR) is 184 cm³/mol. The van der Waals surface area contributed by atoms with Crippen molar-refractivity contribution in [1.29, 1.82) is 0 Å². The number of imidazole rings is 1. The number of fused-ring (bicyclic) bond motifs is 4. The Kier molecular flexibility index (Phi) is 8.71. The van der Waals surface area contributed by atoms with E-state index < -0.39 is 0 Å². The summed E-state index contributed by atoms with van der Waals surface area (Å²) in [5.74, 6) is 0.324. The molecule has 9 aromatic rings. The predicted octanol–water partition coefficient (Wildman–Crippen LogP) is 10.1. The summed E-state index contributed by atoms with van der Waals surface area (Å²) in [6.07, 6.45) is 3.66. The van der Waals surface area contributed by atoms with E-state index in [0.29, 0.717) is 22.6 Å². The Morgan fingerprint density at radius 2 is 1.46 bits per heavy atom. The molecule has 7 heteroatoms. The van der Waals surface area contributed by atoms with Gasteiger partial charge in [-0.25, -0.2) is 9.37 Å². The summed E-state index contributed by atoms with van der Waals surface area (Å²) in [7, 11) is 0. The Morgan fingerprint density at radius 3 is 2.23 bits per heavy atom. The molecule has 0 atom stereocenters. The molecule has 0 spiro atoms. The molecule has 0 fully saturated rings. The van der Waals surface area contributed by atoms with Gasteiger partial charge in [0.25, 0.3) is 0 Å². The van der Waals surface area contributed by atoms with E-state index in [0.717, 1.165) is 50.0 Å². The molecule has 0 N–H and O–H groups in total. The van der Waals surface area contributed by atoms with Gasteiger partial charge in [-0.2, -0.15) is 0 Å². The first-order chi connectivity index (χ1) is 23.2. The largest absolute Gasteiger partial charge is 0.500 e. The molecule has 0 aliphatic heterocycles. The first-order valence-corrected chi connectivity index (χ1v) is 15.1. The summed E-state index contributed by atoms with van der Waals surface area (Å²) in [5.41, 5.74) is 8.30. The van der Waals surface area contributed by atoms with Gasteiger partial charge in [-0.05, 0) is 47.7 Å². The van der Waals surface area contributed by atoms with Crippen LogP contribution in [0.5, 0.6) is 0 Å². The number of pyridine rings is 2. The molecule has 4 aromatic heterocycles. The van der Waals surface area contributed by atoms with Crippen molar-refractivity contribution in [2.24, 2.45) is 0 Å². The quantitative estimate of drug-likeness (QED) is 0.166. The number of aromatic nitrogens is 4. The van der Waals surface area contributed by atoms with Crippen molar-refractivity contribution in [3.8, 4) is 39.5 Å². The van der Waals surface area contributed by atoms with E-state index in [-0.39, 0.29) is 25.9 Å². The maximum Gasteiger partial charge on any atom is 0.155 e. The third-order valence-corrected chi connectivity index (χ3v) is 7.89. The molecule has 0 saturated heterocycles. The minimum Gasteiger partial charge on any atom is -0.500 e. The number of hydrogen-bond acceptors (Lipinski definition) is 4. The van der Waals surface area contributed by atoms with Crippen LogP contribution in [-0.2, 0) is 20.1 Å². The van der Waals surface area contributed by atoms with Gasteiger partial charge in [-0.1, -0.05) is 71.6 Å². The Hall–Kier alpha value is -5.75. The Labute approximate surface area is 289 Å². The molecule has 0 unspecified atom stereocenters. The first-order valence-electron chi connectivity index (χ1n) is 15.1. The summed E-state index contributed by atoms with van der Waals surface area (Å²) in [6, 6.07) is 50.7. The van der Waals surface area contributed by atoms with Crippen LogP contribution >= 0.6 is 0 Å². The van der Waals surface area contributed by atoms with Crippen LogP contribution in [-0.4, -0.2) is 19.5 Å². The second-order valence-electron chi connectivity index (χ2n) is 10.9. The second-order valence-corrected chi connectivity index (χ2v) is 10.9. The fourth-order valence-corrected chi connectivity index (χ4v) is 5.70. The number of nitrogens with zero attached hydrogens (tertiary/aromatic N) is 4. The third kappa shape index (κ3) is 5.93. The average Bonchev–Trinajstić information content (AvgIpc) is 3.71. The van der Waals surface area contributed by atoms with E-state index in [1.807, 2.05) is 114 Å². The van der Waals surface area contributed by atoms with Crippen molar-refractivity contribution in [2.75, 3.05) is 0 Å². The second kappa shape index (κ2) is 13.5. The minimum absolute atomic E-state index is 0. The van der Waals surface area contributed by atoms with Gasteiger partial charge in [0.15, 0.2) is 5.65 Å². The molecule has 5 aromatic carbocycles. The van der Waals surface area contributed by atoms with Crippen molar-refractivity contribution in [3.05, 3.63) is 170 Å². The number of para-hydroxylation sites is 1. The van der Waals surface area contributed by atoms with Crippen LogP contribution in [0.4, 0.5) is 4.39 Å². The van der Waals surface area contributed by atoms with Gasteiger partial charge in [0.2, 0.25) is 0 Å². The van der Waals surface area contributed by atoms with Crippen molar-refractivity contribution in [3.63, 3.8) is 0 Å². The number of halogens is 1. The van der Waals surface area contributed by atoms with E-state index in [2.05, 4.69) is 35.3 Å². The van der Waals surface area contributed by atoms with Gasteiger partial charge in [0.05, 0.1) is 16.9 Å². The molecule has 4 heterocycles. The van der Waals surface area contributed by atoms with Crippen molar-refractivity contribution in [2.45, 2.75) is 0 Å². The fraction of sp³-hybridized carbons (Fsp3) is 0. The molecule has 0 aliphatic rings. The normalized spacial score (nSPS) is 10.9. The molecule has 9 rings (SSSR count). The molecule has 0 aliphatic carbocycles. The van der Waals surface area contributed by atoms with Gasteiger partial charge >= 0.3 is 0 Å². The number of hydrogen-bond donors (Lipinski definition) is 0. The molecule has 5 nitrogen and oxygen atoms in total.